The number of carbonyl (C=O) groups is 1. The van der Waals surface area contributed by atoms with Crippen molar-refractivity contribution in [1.82, 2.24) is 9.55 Å². The summed E-state index contributed by atoms with van der Waals surface area (Å²) in [6, 6.07) is 5.63. The Labute approximate surface area is 147 Å². The smallest absolute Gasteiger partial charge is 0.420 e. The second-order valence-electron chi connectivity index (χ2n) is 5.80. The van der Waals surface area contributed by atoms with Crippen molar-refractivity contribution in [3.05, 3.63) is 36.2 Å². The molecule has 1 aromatic heterocycles. The third-order valence-electron chi connectivity index (χ3n) is 4.19. The summed E-state index contributed by atoms with van der Waals surface area (Å²) < 4.78 is 38.5. The molecule has 7 nitrogen and oxygen atoms in total. The monoisotopic (exact) mass is 362 g/mol. The molecule has 0 bridgehead atoms. The molecule has 1 fully saturated rings. The van der Waals surface area contributed by atoms with Crippen LogP contribution in [0.2, 0.25) is 0 Å². The number of ether oxygens (including phenoxy) is 2. The first-order valence-corrected chi connectivity index (χ1v) is 8.17. The van der Waals surface area contributed by atoms with E-state index in [1.54, 1.807) is 10.8 Å². The van der Waals surface area contributed by atoms with Gasteiger partial charge in [-0.05, 0) is 19.1 Å². The predicted octanol–water partition coefficient (Wildman–Crippen LogP) is 3.44. The van der Waals surface area contributed by atoms with E-state index in [0.29, 0.717) is 24.7 Å². The van der Waals surface area contributed by atoms with E-state index in [1.807, 2.05) is 25.1 Å². The molecule has 0 aliphatic carbocycles. The zero-order valence-electron chi connectivity index (χ0n) is 14.0. The third-order valence-corrected chi connectivity index (χ3v) is 4.19. The van der Waals surface area contributed by atoms with E-state index in [0.717, 1.165) is 22.7 Å². The van der Waals surface area contributed by atoms with Crippen molar-refractivity contribution >= 4 is 17.6 Å². The molecule has 2 aromatic rings. The van der Waals surface area contributed by atoms with E-state index in [4.69, 9.17) is 9.47 Å². The van der Waals surface area contributed by atoms with Crippen LogP contribution in [0.15, 0.2) is 36.2 Å². The first kappa shape index (κ1) is 16.4. The number of carbonyl (C=O) groups excluding carboxylic acids is 1. The molecule has 26 heavy (non-hydrogen) atoms. The molecule has 0 spiro atoms. The Morgan fingerprint density at radius 1 is 1.35 bits per heavy atom. The molecule has 0 unspecified atom stereocenters. The highest BCUT2D eigenvalue weighted by Crippen LogP contribution is 2.37. The summed E-state index contributed by atoms with van der Waals surface area (Å²) in [5, 5.41) is 3.21. The van der Waals surface area contributed by atoms with Crippen LogP contribution in [-0.2, 0) is 11.3 Å². The van der Waals surface area contributed by atoms with Gasteiger partial charge in [-0.25, -0.2) is 14.7 Å². The topological polar surface area (TPSA) is 68.6 Å². The number of cyclic esters (lactones) is 1. The Bertz CT molecular complexity index is 905. The number of imidazole rings is 1. The van der Waals surface area contributed by atoms with Crippen LogP contribution in [-0.4, -0.2) is 35.4 Å². The van der Waals surface area contributed by atoms with Crippen molar-refractivity contribution in [3.63, 3.8) is 0 Å². The molecule has 1 amide bonds. The number of aromatic nitrogens is 2. The van der Waals surface area contributed by atoms with Crippen molar-refractivity contribution in [2.45, 2.75) is 13.5 Å². The maximum atomic E-state index is 13.1. The van der Waals surface area contributed by atoms with Crippen LogP contribution in [0.3, 0.4) is 0 Å². The summed E-state index contributed by atoms with van der Waals surface area (Å²) in [7, 11) is 0. The van der Waals surface area contributed by atoms with Gasteiger partial charge in [-0.1, -0.05) is 0 Å². The van der Waals surface area contributed by atoms with Gasteiger partial charge in [0.25, 0.3) is 6.08 Å². The van der Waals surface area contributed by atoms with E-state index in [1.165, 1.54) is 0 Å². The van der Waals surface area contributed by atoms with Crippen LogP contribution >= 0.6 is 0 Å². The van der Waals surface area contributed by atoms with Crippen LogP contribution in [0, 0.1) is 0 Å². The van der Waals surface area contributed by atoms with Crippen molar-refractivity contribution in [1.29, 1.82) is 0 Å². The third kappa shape index (κ3) is 2.65. The summed E-state index contributed by atoms with van der Waals surface area (Å²) in [5.41, 5.74) is 1.16. The number of anilines is 2. The molecule has 4 rings (SSSR count). The lowest BCUT2D eigenvalue weighted by Gasteiger charge is -2.11. The minimum Gasteiger partial charge on any atom is -0.491 e. The van der Waals surface area contributed by atoms with E-state index in [9.17, 15) is 13.6 Å². The minimum atomic E-state index is -1.96. The number of hydrogen-bond donors (Lipinski definition) is 1. The fourth-order valence-corrected chi connectivity index (χ4v) is 3.03. The Balaban J connectivity index is 1.78. The second-order valence-corrected chi connectivity index (χ2v) is 5.80. The minimum absolute atomic E-state index is 0.105. The van der Waals surface area contributed by atoms with Gasteiger partial charge in [0, 0.05) is 24.5 Å². The molecule has 2 aliphatic rings. The summed E-state index contributed by atoms with van der Waals surface area (Å²) >= 11 is 0. The standard InChI is InChI=1S/C17H16F2N4O3/c1-2-20-10-3-4-11-13(7-10)25-6-5-22-8-14(21-16(11)22)23-12(15(18)19)9-26-17(23)24/h3-4,7-8,20H,2,5-6,9H2,1H3. The quantitative estimate of drug-likeness (QED) is 0.906. The Kier molecular flexibility index (Phi) is 3.98. The van der Waals surface area contributed by atoms with Crippen molar-refractivity contribution in [2.24, 2.45) is 0 Å². The zero-order chi connectivity index (χ0) is 18.3. The van der Waals surface area contributed by atoms with Crippen molar-refractivity contribution in [3.8, 4) is 17.1 Å². The van der Waals surface area contributed by atoms with Gasteiger partial charge in [0.1, 0.15) is 30.5 Å². The highest BCUT2D eigenvalue weighted by Gasteiger charge is 2.35. The second kappa shape index (κ2) is 6.32. The van der Waals surface area contributed by atoms with Gasteiger partial charge < -0.3 is 19.4 Å². The lowest BCUT2D eigenvalue weighted by atomic mass is 10.1. The number of amides is 1. The molecule has 0 radical (unpaired) electrons. The van der Waals surface area contributed by atoms with E-state index < -0.39 is 24.5 Å². The average Bonchev–Trinajstić information content (AvgIpc) is 3.15. The summed E-state index contributed by atoms with van der Waals surface area (Å²) in [6.07, 6.45) is -1.26. The number of nitrogens with zero attached hydrogens (tertiary/aromatic N) is 3. The SMILES string of the molecule is CCNc1ccc2c(c1)OCCn1cc(N3C(=O)OCC3=C(F)F)nc1-2. The van der Waals surface area contributed by atoms with E-state index in [-0.39, 0.29) is 5.82 Å². The number of fused-ring (bicyclic) bond motifs is 3. The molecular weight excluding hydrogens is 346 g/mol. The highest BCUT2D eigenvalue weighted by molar-refractivity contribution is 5.93. The number of nitrogens with one attached hydrogen (secondary N) is 1. The maximum Gasteiger partial charge on any atom is 0.420 e. The van der Waals surface area contributed by atoms with Gasteiger partial charge in [0.2, 0.25) is 0 Å². The molecule has 2 aliphatic heterocycles. The maximum absolute atomic E-state index is 13.1. The van der Waals surface area contributed by atoms with Gasteiger partial charge in [0.05, 0.1) is 12.1 Å². The number of benzene rings is 1. The fourth-order valence-electron chi connectivity index (χ4n) is 3.03. The molecule has 0 saturated carbocycles. The molecular formula is C17H16F2N4O3. The Morgan fingerprint density at radius 3 is 2.96 bits per heavy atom. The largest absolute Gasteiger partial charge is 0.491 e. The van der Waals surface area contributed by atoms with E-state index >= 15 is 0 Å². The summed E-state index contributed by atoms with van der Waals surface area (Å²) in [4.78, 5) is 17.1. The summed E-state index contributed by atoms with van der Waals surface area (Å²) in [5.74, 6) is 1.30. The zero-order valence-corrected chi connectivity index (χ0v) is 14.0. The molecule has 0 atom stereocenters. The van der Waals surface area contributed by atoms with Gasteiger partial charge in [0.15, 0.2) is 5.82 Å². The fraction of sp³-hybridized carbons (Fsp3) is 0.294. The van der Waals surface area contributed by atoms with Crippen LogP contribution in [0.4, 0.5) is 25.1 Å². The molecule has 1 aromatic carbocycles. The molecule has 3 heterocycles. The first-order chi connectivity index (χ1) is 12.6. The average molecular weight is 362 g/mol. The lowest BCUT2D eigenvalue weighted by Crippen LogP contribution is -2.22. The molecule has 136 valence electrons. The van der Waals surface area contributed by atoms with Crippen LogP contribution in [0.1, 0.15) is 6.92 Å². The highest BCUT2D eigenvalue weighted by atomic mass is 19.3. The Hall–Kier alpha value is -3.10. The first-order valence-electron chi connectivity index (χ1n) is 8.17. The van der Waals surface area contributed by atoms with Crippen LogP contribution < -0.4 is 15.0 Å². The number of hydrogen-bond acceptors (Lipinski definition) is 5. The van der Waals surface area contributed by atoms with Gasteiger partial charge in [-0.3, -0.25) is 0 Å². The number of rotatable bonds is 3. The predicted molar refractivity (Wildman–Crippen MR) is 90.4 cm³/mol. The molecule has 9 heteroatoms. The summed E-state index contributed by atoms with van der Waals surface area (Å²) in [6.45, 7) is 3.19. The Morgan fingerprint density at radius 2 is 2.19 bits per heavy atom. The van der Waals surface area contributed by atoms with Crippen molar-refractivity contribution < 1.29 is 23.0 Å². The molecule has 1 N–H and O–H groups in total. The van der Waals surface area contributed by atoms with Gasteiger partial charge >= 0.3 is 6.09 Å². The van der Waals surface area contributed by atoms with E-state index in [2.05, 4.69) is 10.3 Å². The normalized spacial score (nSPS) is 15.7. The van der Waals surface area contributed by atoms with Gasteiger partial charge in [-0.15, -0.1) is 0 Å². The van der Waals surface area contributed by atoms with Crippen LogP contribution in [0.25, 0.3) is 11.4 Å². The lowest BCUT2D eigenvalue weighted by molar-refractivity contribution is 0.182. The van der Waals surface area contributed by atoms with Crippen LogP contribution in [0.5, 0.6) is 5.75 Å². The molecule has 1 saturated heterocycles. The number of halogens is 2. The van der Waals surface area contributed by atoms with Crippen molar-refractivity contribution in [2.75, 3.05) is 30.0 Å². The van der Waals surface area contributed by atoms with Gasteiger partial charge in [-0.2, -0.15) is 8.78 Å².